The van der Waals surface area contributed by atoms with Crippen molar-refractivity contribution in [2.75, 3.05) is 25.6 Å². The first-order valence-corrected chi connectivity index (χ1v) is 9.11. The van der Waals surface area contributed by atoms with Crippen LogP contribution >= 0.6 is 11.8 Å². The summed E-state index contributed by atoms with van der Waals surface area (Å²) in [5, 5.41) is 10.4. The third-order valence-corrected chi connectivity index (χ3v) is 5.12. The smallest absolute Gasteiger partial charge is 0.0959 e. The van der Waals surface area contributed by atoms with Gasteiger partial charge in [-0.3, -0.25) is 0 Å². The molecule has 0 saturated heterocycles. The lowest BCUT2D eigenvalue weighted by atomic mass is 10.1. The zero-order valence-corrected chi connectivity index (χ0v) is 15.0. The molecule has 0 saturated carbocycles. The van der Waals surface area contributed by atoms with Crippen LogP contribution < -0.4 is 0 Å². The predicted octanol–water partition coefficient (Wildman–Crippen LogP) is 2.70. The molecular weight excluding hydrogens is 294 g/mol. The van der Waals surface area contributed by atoms with Crippen molar-refractivity contribution >= 4 is 22.8 Å². The van der Waals surface area contributed by atoms with Gasteiger partial charge < -0.3 is 14.6 Å². The molecule has 0 aliphatic heterocycles. The second kappa shape index (κ2) is 7.49. The van der Waals surface area contributed by atoms with Crippen molar-refractivity contribution in [2.45, 2.75) is 39.5 Å². The second-order valence-corrected chi connectivity index (χ2v) is 7.13. The number of nitrogens with zero attached hydrogens (tertiary/aromatic N) is 3. The number of benzene rings is 1. The first-order chi connectivity index (χ1) is 10.4. The lowest BCUT2D eigenvalue weighted by Gasteiger charge is -2.26. The minimum Gasteiger partial charge on any atom is -0.390 e. The first kappa shape index (κ1) is 17.3. The number of imidazole rings is 1. The molecule has 0 fully saturated rings. The molecule has 0 radical (unpaired) electrons. The molecule has 0 spiro atoms. The SMILES string of the molecule is CSCC(C)N(C)CC(O)Cn1cnc2cc(C)c(C)cc21. The number of aryl methyl sites for hydroxylation is 2. The van der Waals surface area contributed by atoms with Crippen molar-refractivity contribution in [3.8, 4) is 0 Å². The number of aliphatic hydroxyl groups is 1. The van der Waals surface area contributed by atoms with Gasteiger partial charge in [-0.2, -0.15) is 11.8 Å². The first-order valence-electron chi connectivity index (χ1n) is 7.71. The fraction of sp³-hybridized carbons (Fsp3) is 0.588. The van der Waals surface area contributed by atoms with Crippen LogP contribution in [0.1, 0.15) is 18.1 Å². The molecule has 0 aliphatic carbocycles. The summed E-state index contributed by atoms with van der Waals surface area (Å²) < 4.78 is 2.06. The molecule has 2 unspecified atom stereocenters. The molecule has 1 aromatic carbocycles. The number of thioether (sulfide) groups is 1. The van der Waals surface area contributed by atoms with Crippen molar-refractivity contribution in [3.05, 3.63) is 29.6 Å². The zero-order chi connectivity index (χ0) is 16.3. The summed E-state index contributed by atoms with van der Waals surface area (Å²) in [5.74, 6) is 1.08. The van der Waals surface area contributed by atoms with Gasteiger partial charge in [0.15, 0.2) is 0 Å². The lowest BCUT2D eigenvalue weighted by molar-refractivity contribution is 0.0991. The Morgan fingerprint density at radius 2 is 2.00 bits per heavy atom. The molecule has 0 amide bonds. The molecule has 5 heteroatoms. The monoisotopic (exact) mass is 321 g/mol. The molecule has 1 aromatic heterocycles. The molecule has 0 bridgehead atoms. The number of aromatic nitrogens is 2. The number of hydrogen-bond donors (Lipinski definition) is 1. The van der Waals surface area contributed by atoms with Gasteiger partial charge in [-0.25, -0.2) is 4.98 Å². The van der Waals surface area contributed by atoms with Crippen LogP contribution in [0.25, 0.3) is 11.0 Å². The topological polar surface area (TPSA) is 41.3 Å². The Bertz CT molecular complexity index is 626. The van der Waals surface area contributed by atoms with Crippen molar-refractivity contribution in [3.63, 3.8) is 0 Å². The number of aliphatic hydroxyl groups excluding tert-OH is 1. The van der Waals surface area contributed by atoms with Gasteiger partial charge in [0.25, 0.3) is 0 Å². The van der Waals surface area contributed by atoms with Crippen LogP contribution in [0.4, 0.5) is 0 Å². The van der Waals surface area contributed by atoms with E-state index in [0.29, 0.717) is 19.1 Å². The quantitative estimate of drug-likeness (QED) is 0.851. The maximum atomic E-state index is 10.4. The number of hydrogen-bond acceptors (Lipinski definition) is 4. The van der Waals surface area contributed by atoms with Crippen LogP contribution in [0, 0.1) is 13.8 Å². The van der Waals surface area contributed by atoms with Crippen LogP contribution in [-0.4, -0.2) is 57.3 Å². The molecular formula is C17H27N3OS. The summed E-state index contributed by atoms with van der Waals surface area (Å²) in [7, 11) is 2.07. The van der Waals surface area contributed by atoms with Gasteiger partial charge >= 0.3 is 0 Å². The van der Waals surface area contributed by atoms with E-state index in [1.165, 1.54) is 11.1 Å². The molecule has 122 valence electrons. The van der Waals surface area contributed by atoms with Crippen molar-refractivity contribution in [2.24, 2.45) is 0 Å². The van der Waals surface area contributed by atoms with Crippen molar-refractivity contribution in [1.29, 1.82) is 0 Å². The maximum absolute atomic E-state index is 10.4. The normalized spacial score (nSPS) is 14.7. The second-order valence-electron chi connectivity index (χ2n) is 6.22. The van der Waals surface area contributed by atoms with Gasteiger partial charge in [0.1, 0.15) is 0 Å². The van der Waals surface area contributed by atoms with Crippen LogP contribution in [0.2, 0.25) is 0 Å². The molecule has 2 atom stereocenters. The van der Waals surface area contributed by atoms with E-state index in [4.69, 9.17) is 0 Å². The third kappa shape index (κ3) is 4.03. The Kier molecular flexibility index (Phi) is 5.89. The highest BCUT2D eigenvalue weighted by Crippen LogP contribution is 2.18. The predicted molar refractivity (Wildman–Crippen MR) is 95.7 cm³/mol. The average Bonchev–Trinajstić information content (AvgIpc) is 2.82. The summed E-state index contributed by atoms with van der Waals surface area (Å²) in [6.45, 7) is 7.66. The molecule has 1 heterocycles. The molecule has 2 aromatic rings. The summed E-state index contributed by atoms with van der Waals surface area (Å²) in [4.78, 5) is 6.67. The van der Waals surface area contributed by atoms with Gasteiger partial charge in [-0.1, -0.05) is 0 Å². The molecule has 2 rings (SSSR count). The van der Waals surface area contributed by atoms with E-state index in [1.807, 2.05) is 18.1 Å². The minimum atomic E-state index is -0.395. The Morgan fingerprint density at radius 1 is 1.32 bits per heavy atom. The summed E-state index contributed by atoms with van der Waals surface area (Å²) in [6, 6.07) is 4.74. The highest BCUT2D eigenvalue weighted by Gasteiger charge is 2.15. The van der Waals surface area contributed by atoms with Gasteiger partial charge in [0.2, 0.25) is 0 Å². The summed E-state index contributed by atoms with van der Waals surface area (Å²) in [6.07, 6.45) is 3.55. The van der Waals surface area contributed by atoms with Crippen molar-refractivity contribution in [1.82, 2.24) is 14.5 Å². The van der Waals surface area contributed by atoms with Crippen LogP contribution in [0.15, 0.2) is 18.5 Å². The molecule has 22 heavy (non-hydrogen) atoms. The van der Waals surface area contributed by atoms with E-state index >= 15 is 0 Å². The van der Waals surface area contributed by atoms with Crippen LogP contribution in [0.5, 0.6) is 0 Å². The van der Waals surface area contributed by atoms with E-state index in [2.05, 4.69) is 60.7 Å². The molecule has 1 N–H and O–H groups in total. The van der Waals surface area contributed by atoms with Gasteiger partial charge in [0.05, 0.1) is 30.0 Å². The van der Waals surface area contributed by atoms with Crippen molar-refractivity contribution < 1.29 is 5.11 Å². The van der Waals surface area contributed by atoms with Crippen LogP contribution in [-0.2, 0) is 6.54 Å². The van der Waals surface area contributed by atoms with Gasteiger partial charge in [-0.05, 0) is 57.3 Å². The van der Waals surface area contributed by atoms with E-state index in [1.54, 1.807) is 0 Å². The Balaban J connectivity index is 2.06. The zero-order valence-electron chi connectivity index (χ0n) is 14.2. The highest BCUT2D eigenvalue weighted by atomic mass is 32.2. The number of likely N-dealkylation sites (N-methyl/N-ethyl adjacent to an activating group) is 1. The summed E-state index contributed by atoms with van der Waals surface area (Å²) >= 11 is 1.84. The van der Waals surface area contributed by atoms with E-state index in [-0.39, 0.29) is 0 Å². The van der Waals surface area contributed by atoms with Gasteiger partial charge in [0, 0.05) is 18.3 Å². The largest absolute Gasteiger partial charge is 0.390 e. The Labute approximate surface area is 137 Å². The number of rotatable bonds is 7. The molecule has 4 nitrogen and oxygen atoms in total. The summed E-state index contributed by atoms with van der Waals surface area (Å²) in [5.41, 5.74) is 4.61. The lowest BCUT2D eigenvalue weighted by Crippen LogP contribution is -2.38. The average molecular weight is 321 g/mol. The maximum Gasteiger partial charge on any atom is 0.0959 e. The number of fused-ring (bicyclic) bond motifs is 1. The van der Waals surface area contributed by atoms with Gasteiger partial charge in [-0.15, -0.1) is 0 Å². The molecule has 0 aliphatic rings. The van der Waals surface area contributed by atoms with Crippen LogP contribution in [0.3, 0.4) is 0 Å². The third-order valence-electron chi connectivity index (χ3n) is 4.30. The Hall–Kier alpha value is -1.04. The standard InChI is InChI=1S/C17H27N3OS/c1-12-6-16-17(7-13(12)2)20(11-18-16)9-15(21)8-19(4)14(3)10-22-5/h6-7,11,14-15,21H,8-10H2,1-5H3. The van der Waals surface area contributed by atoms with E-state index in [0.717, 1.165) is 16.8 Å². The van der Waals surface area contributed by atoms with E-state index < -0.39 is 6.10 Å². The fourth-order valence-corrected chi connectivity index (χ4v) is 3.36. The minimum absolute atomic E-state index is 0.395. The Morgan fingerprint density at radius 3 is 2.68 bits per heavy atom. The van der Waals surface area contributed by atoms with E-state index in [9.17, 15) is 5.11 Å². The highest BCUT2D eigenvalue weighted by molar-refractivity contribution is 7.98. The fourth-order valence-electron chi connectivity index (χ4n) is 2.62.